The Balaban J connectivity index is 2.19. The highest BCUT2D eigenvalue weighted by molar-refractivity contribution is 6.31. The van der Waals surface area contributed by atoms with Gasteiger partial charge >= 0.3 is 0 Å². The Morgan fingerprint density at radius 2 is 2.18 bits per heavy atom. The Bertz CT molecular complexity index is 372. The van der Waals surface area contributed by atoms with E-state index in [1.165, 1.54) is 19.3 Å². The summed E-state index contributed by atoms with van der Waals surface area (Å²) in [5, 5.41) is 0.791. The molecule has 94 valence electrons. The predicted octanol–water partition coefficient (Wildman–Crippen LogP) is 3.69. The molecule has 3 heteroatoms. The second kappa shape index (κ2) is 5.28. The van der Waals surface area contributed by atoms with Gasteiger partial charge in [0.25, 0.3) is 0 Å². The Morgan fingerprint density at radius 3 is 2.82 bits per heavy atom. The summed E-state index contributed by atoms with van der Waals surface area (Å²) < 4.78 is 0. The Hall–Kier alpha value is -0.730. The summed E-state index contributed by atoms with van der Waals surface area (Å²) in [7, 11) is 0. The van der Waals surface area contributed by atoms with Crippen LogP contribution in [0.2, 0.25) is 5.02 Å². The number of nitrogens with two attached hydrogens (primary N) is 1. The summed E-state index contributed by atoms with van der Waals surface area (Å²) in [6.07, 6.45) is 3.78. The second-order valence-electron chi connectivity index (χ2n) is 4.97. The zero-order valence-electron chi connectivity index (χ0n) is 10.6. The van der Waals surface area contributed by atoms with Crippen molar-refractivity contribution in [3.05, 3.63) is 28.8 Å². The highest BCUT2D eigenvalue weighted by Crippen LogP contribution is 2.31. The van der Waals surface area contributed by atoms with Gasteiger partial charge in [0.05, 0.1) is 0 Å². The average Bonchev–Trinajstić information content (AvgIpc) is 2.65. The van der Waals surface area contributed by atoms with Crippen LogP contribution in [0.25, 0.3) is 0 Å². The first-order valence-electron chi connectivity index (χ1n) is 6.42. The quantitative estimate of drug-likeness (QED) is 0.832. The molecule has 2 rings (SSSR count). The van der Waals surface area contributed by atoms with Gasteiger partial charge in [0.2, 0.25) is 0 Å². The van der Waals surface area contributed by atoms with Gasteiger partial charge in [0, 0.05) is 34.9 Å². The first-order valence-corrected chi connectivity index (χ1v) is 6.80. The summed E-state index contributed by atoms with van der Waals surface area (Å²) in [5.41, 5.74) is 7.92. The summed E-state index contributed by atoms with van der Waals surface area (Å²) in [4.78, 5) is 2.54. The number of benzene rings is 1. The van der Waals surface area contributed by atoms with E-state index in [-0.39, 0.29) is 0 Å². The van der Waals surface area contributed by atoms with Crippen LogP contribution in [-0.4, -0.2) is 17.0 Å². The minimum absolute atomic E-state index is 0.635. The molecule has 0 aliphatic carbocycles. The van der Waals surface area contributed by atoms with Crippen molar-refractivity contribution < 1.29 is 0 Å². The monoisotopic (exact) mass is 252 g/mol. The predicted molar refractivity (Wildman–Crippen MR) is 74.2 cm³/mol. The fourth-order valence-corrected chi connectivity index (χ4v) is 3.02. The lowest BCUT2D eigenvalue weighted by Crippen LogP contribution is -2.33. The molecule has 0 saturated carbocycles. The number of rotatable bonds is 3. The molecule has 1 fully saturated rings. The first-order chi connectivity index (χ1) is 8.13. The highest BCUT2D eigenvalue weighted by Gasteiger charge is 2.29. The lowest BCUT2D eigenvalue weighted by atomic mass is 10.1. The van der Waals surface area contributed by atoms with Gasteiger partial charge < -0.3 is 5.73 Å². The van der Waals surface area contributed by atoms with Crippen LogP contribution in [0, 0.1) is 0 Å². The normalized spacial score (nSPS) is 25.4. The molecule has 1 aromatic carbocycles. The van der Waals surface area contributed by atoms with Gasteiger partial charge in [-0.05, 0) is 38.3 Å². The van der Waals surface area contributed by atoms with Gasteiger partial charge in [-0.1, -0.05) is 24.6 Å². The van der Waals surface area contributed by atoms with E-state index in [9.17, 15) is 0 Å². The van der Waals surface area contributed by atoms with E-state index in [1.807, 2.05) is 18.2 Å². The number of likely N-dealkylation sites (tertiary alicyclic amines) is 1. The number of nitrogens with zero attached hydrogens (tertiary/aromatic N) is 1. The van der Waals surface area contributed by atoms with Crippen LogP contribution in [0.1, 0.15) is 38.7 Å². The molecule has 1 aliphatic heterocycles. The topological polar surface area (TPSA) is 29.3 Å². The highest BCUT2D eigenvalue weighted by atomic mass is 35.5. The standard InChI is InChI=1S/C14H21ClN2/c1-3-11-8-7-10(2)17(11)9-12-13(15)5-4-6-14(12)16/h4-6,10-11H,3,7-9,16H2,1-2H3. The smallest absolute Gasteiger partial charge is 0.0471 e. The second-order valence-corrected chi connectivity index (χ2v) is 5.38. The first kappa shape index (κ1) is 12.7. The van der Waals surface area contributed by atoms with Gasteiger partial charge in [0.1, 0.15) is 0 Å². The van der Waals surface area contributed by atoms with Crippen molar-refractivity contribution in [2.75, 3.05) is 5.73 Å². The minimum atomic E-state index is 0.635. The Kier molecular flexibility index (Phi) is 3.95. The molecular weight excluding hydrogens is 232 g/mol. The van der Waals surface area contributed by atoms with Crippen LogP contribution in [0.4, 0.5) is 5.69 Å². The van der Waals surface area contributed by atoms with Crippen molar-refractivity contribution >= 4 is 17.3 Å². The third kappa shape index (κ3) is 2.58. The average molecular weight is 253 g/mol. The molecule has 2 N–H and O–H groups in total. The SMILES string of the molecule is CCC1CCC(C)N1Cc1c(N)cccc1Cl. The van der Waals surface area contributed by atoms with Gasteiger partial charge in [-0.2, -0.15) is 0 Å². The summed E-state index contributed by atoms with van der Waals surface area (Å²) in [6, 6.07) is 7.08. The molecule has 0 spiro atoms. The Labute approximate surface area is 109 Å². The molecule has 0 amide bonds. The van der Waals surface area contributed by atoms with Gasteiger partial charge in [0.15, 0.2) is 0 Å². The molecule has 1 aliphatic rings. The third-order valence-corrected chi connectivity index (χ3v) is 4.27. The zero-order valence-corrected chi connectivity index (χ0v) is 11.4. The van der Waals surface area contributed by atoms with E-state index >= 15 is 0 Å². The van der Waals surface area contributed by atoms with E-state index in [2.05, 4.69) is 18.7 Å². The van der Waals surface area contributed by atoms with Gasteiger partial charge in [-0.15, -0.1) is 0 Å². The maximum absolute atomic E-state index is 6.24. The van der Waals surface area contributed by atoms with Crippen molar-refractivity contribution in [1.82, 2.24) is 4.90 Å². The van der Waals surface area contributed by atoms with E-state index in [4.69, 9.17) is 17.3 Å². The maximum Gasteiger partial charge on any atom is 0.0471 e. The summed E-state index contributed by atoms with van der Waals surface area (Å²) in [5.74, 6) is 0. The molecule has 2 unspecified atom stereocenters. The van der Waals surface area contributed by atoms with Crippen molar-refractivity contribution in [2.24, 2.45) is 0 Å². The van der Waals surface area contributed by atoms with E-state index < -0.39 is 0 Å². The van der Waals surface area contributed by atoms with Crippen molar-refractivity contribution in [3.63, 3.8) is 0 Å². The molecule has 2 nitrogen and oxygen atoms in total. The van der Waals surface area contributed by atoms with E-state index in [1.54, 1.807) is 0 Å². The van der Waals surface area contributed by atoms with Crippen LogP contribution in [-0.2, 0) is 6.54 Å². The molecule has 0 aromatic heterocycles. The van der Waals surface area contributed by atoms with Crippen LogP contribution in [0.3, 0.4) is 0 Å². The van der Waals surface area contributed by atoms with Crippen molar-refractivity contribution in [2.45, 2.75) is 51.7 Å². The molecule has 17 heavy (non-hydrogen) atoms. The molecular formula is C14H21ClN2. The van der Waals surface area contributed by atoms with Crippen LogP contribution in [0.15, 0.2) is 18.2 Å². The van der Waals surface area contributed by atoms with Gasteiger partial charge in [-0.3, -0.25) is 4.90 Å². The van der Waals surface area contributed by atoms with Crippen molar-refractivity contribution in [3.8, 4) is 0 Å². The molecule has 0 bridgehead atoms. The van der Waals surface area contributed by atoms with Crippen LogP contribution >= 0.6 is 11.6 Å². The minimum Gasteiger partial charge on any atom is -0.398 e. The van der Waals surface area contributed by atoms with Crippen molar-refractivity contribution in [1.29, 1.82) is 0 Å². The third-order valence-electron chi connectivity index (χ3n) is 3.92. The fourth-order valence-electron chi connectivity index (χ4n) is 2.77. The van der Waals surface area contributed by atoms with Gasteiger partial charge in [-0.25, -0.2) is 0 Å². The van der Waals surface area contributed by atoms with E-state index in [0.29, 0.717) is 12.1 Å². The van der Waals surface area contributed by atoms with Crippen LogP contribution in [0.5, 0.6) is 0 Å². The summed E-state index contributed by atoms with van der Waals surface area (Å²) in [6.45, 7) is 5.43. The largest absolute Gasteiger partial charge is 0.398 e. The molecule has 1 heterocycles. The molecule has 0 radical (unpaired) electrons. The Morgan fingerprint density at radius 1 is 1.41 bits per heavy atom. The molecule has 2 atom stereocenters. The number of nitrogen functional groups attached to an aromatic ring is 1. The molecule has 1 saturated heterocycles. The number of hydrogen-bond acceptors (Lipinski definition) is 2. The van der Waals surface area contributed by atoms with E-state index in [0.717, 1.165) is 22.8 Å². The number of halogens is 1. The number of hydrogen-bond donors (Lipinski definition) is 1. The maximum atomic E-state index is 6.24. The molecule has 1 aromatic rings. The lowest BCUT2D eigenvalue weighted by Gasteiger charge is -2.28. The van der Waals surface area contributed by atoms with Crippen LogP contribution < -0.4 is 5.73 Å². The lowest BCUT2D eigenvalue weighted by molar-refractivity contribution is 0.190. The number of anilines is 1. The fraction of sp³-hybridized carbons (Fsp3) is 0.571. The summed E-state index contributed by atoms with van der Waals surface area (Å²) >= 11 is 6.24. The zero-order chi connectivity index (χ0) is 12.4.